The van der Waals surface area contributed by atoms with Gasteiger partial charge < -0.3 is 10.2 Å². The molecule has 0 atom stereocenters. The van der Waals surface area contributed by atoms with Gasteiger partial charge in [-0.15, -0.1) is 0 Å². The molecule has 1 fully saturated rings. The molecule has 116 valence electrons. The fourth-order valence-electron chi connectivity index (χ4n) is 3.79. The molecule has 2 aliphatic heterocycles. The number of rotatable bonds is 3. The number of hydrogen-bond acceptors (Lipinski definition) is 3. The second-order valence-corrected chi connectivity index (χ2v) is 7.09. The minimum atomic E-state index is 0.276. The Kier molecular flexibility index (Phi) is 4.63. The highest BCUT2D eigenvalue weighted by molar-refractivity contribution is 5.28. The molecule has 21 heavy (non-hydrogen) atoms. The third-order valence-corrected chi connectivity index (χ3v) is 5.10. The van der Waals surface area contributed by atoms with Crippen molar-refractivity contribution < 1.29 is 0 Å². The summed E-state index contributed by atoms with van der Waals surface area (Å²) in [6.07, 6.45) is 2.40. The SMILES string of the molecule is CC(C)(CN1CCc2ccccc2CC1)N1CCNCC1. The second-order valence-electron chi connectivity index (χ2n) is 7.09. The van der Waals surface area contributed by atoms with Crippen LogP contribution in [-0.4, -0.2) is 61.2 Å². The molecule has 1 saturated heterocycles. The van der Waals surface area contributed by atoms with Crippen molar-refractivity contribution in [2.24, 2.45) is 0 Å². The van der Waals surface area contributed by atoms with Gasteiger partial charge in [0.2, 0.25) is 0 Å². The molecule has 0 aliphatic carbocycles. The smallest absolute Gasteiger partial charge is 0.0281 e. The summed E-state index contributed by atoms with van der Waals surface area (Å²) in [6, 6.07) is 8.97. The molecule has 0 amide bonds. The standard InChI is InChI=1S/C18H29N3/c1-18(2,21-13-9-19-10-14-21)15-20-11-7-16-5-3-4-6-17(16)8-12-20/h3-6,19H,7-15H2,1-2H3. The highest BCUT2D eigenvalue weighted by Crippen LogP contribution is 2.20. The molecule has 3 nitrogen and oxygen atoms in total. The number of nitrogens with one attached hydrogen (secondary N) is 1. The zero-order valence-corrected chi connectivity index (χ0v) is 13.6. The van der Waals surface area contributed by atoms with Crippen LogP contribution in [0.25, 0.3) is 0 Å². The van der Waals surface area contributed by atoms with Gasteiger partial charge >= 0.3 is 0 Å². The third kappa shape index (κ3) is 3.65. The molecule has 0 radical (unpaired) electrons. The van der Waals surface area contributed by atoms with Gasteiger partial charge in [0.1, 0.15) is 0 Å². The van der Waals surface area contributed by atoms with Crippen LogP contribution in [-0.2, 0) is 12.8 Å². The highest BCUT2D eigenvalue weighted by atomic mass is 15.3. The Morgan fingerprint density at radius 2 is 1.52 bits per heavy atom. The Hall–Kier alpha value is -0.900. The molecular formula is C18H29N3. The van der Waals surface area contributed by atoms with Crippen LogP contribution in [0.15, 0.2) is 24.3 Å². The molecule has 3 heteroatoms. The Labute approximate surface area is 129 Å². The second kappa shape index (κ2) is 6.47. The molecule has 0 saturated carbocycles. The molecule has 0 spiro atoms. The summed E-state index contributed by atoms with van der Waals surface area (Å²) in [4.78, 5) is 5.32. The quantitative estimate of drug-likeness (QED) is 0.914. The lowest BCUT2D eigenvalue weighted by Crippen LogP contribution is -2.57. The molecule has 1 N–H and O–H groups in total. The molecule has 0 aromatic heterocycles. The molecule has 1 aromatic carbocycles. The lowest BCUT2D eigenvalue weighted by Gasteiger charge is -2.43. The maximum absolute atomic E-state index is 3.46. The zero-order valence-electron chi connectivity index (χ0n) is 13.6. The largest absolute Gasteiger partial charge is 0.314 e. The topological polar surface area (TPSA) is 18.5 Å². The van der Waals surface area contributed by atoms with Crippen molar-refractivity contribution in [1.29, 1.82) is 0 Å². The highest BCUT2D eigenvalue weighted by Gasteiger charge is 2.30. The van der Waals surface area contributed by atoms with Crippen LogP contribution in [0.4, 0.5) is 0 Å². The number of piperazine rings is 1. The lowest BCUT2D eigenvalue weighted by molar-refractivity contribution is 0.0645. The predicted octanol–water partition coefficient (Wildman–Crippen LogP) is 1.77. The summed E-state index contributed by atoms with van der Waals surface area (Å²) in [6.45, 7) is 13.0. The van der Waals surface area contributed by atoms with Crippen molar-refractivity contribution in [3.63, 3.8) is 0 Å². The fraction of sp³-hybridized carbons (Fsp3) is 0.667. The summed E-state index contributed by atoms with van der Waals surface area (Å²) in [7, 11) is 0. The number of fused-ring (bicyclic) bond motifs is 1. The number of nitrogens with zero attached hydrogens (tertiary/aromatic N) is 2. The zero-order chi connectivity index (χ0) is 14.7. The van der Waals surface area contributed by atoms with E-state index >= 15 is 0 Å². The van der Waals surface area contributed by atoms with Crippen molar-refractivity contribution in [3.05, 3.63) is 35.4 Å². The van der Waals surface area contributed by atoms with Gasteiger partial charge in [0.05, 0.1) is 0 Å². The number of hydrogen-bond donors (Lipinski definition) is 1. The molecule has 1 aromatic rings. The average molecular weight is 287 g/mol. The van der Waals surface area contributed by atoms with Crippen LogP contribution in [0.5, 0.6) is 0 Å². The van der Waals surface area contributed by atoms with Crippen molar-refractivity contribution in [2.45, 2.75) is 32.2 Å². The van der Waals surface area contributed by atoms with E-state index in [9.17, 15) is 0 Å². The van der Waals surface area contributed by atoms with E-state index in [4.69, 9.17) is 0 Å². The van der Waals surface area contributed by atoms with Crippen molar-refractivity contribution in [2.75, 3.05) is 45.8 Å². The van der Waals surface area contributed by atoms with Gasteiger partial charge in [-0.05, 0) is 37.8 Å². The maximum atomic E-state index is 3.46. The van der Waals surface area contributed by atoms with E-state index in [2.05, 4.69) is 53.2 Å². The van der Waals surface area contributed by atoms with E-state index in [1.165, 1.54) is 45.6 Å². The molecule has 2 heterocycles. The van der Waals surface area contributed by atoms with Crippen LogP contribution < -0.4 is 5.32 Å². The van der Waals surface area contributed by atoms with Crippen LogP contribution in [0.2, 0.25) is 0 Å². The monoisotopic (exact) mass is 287 g/mol. The van der Waals surface area contributed by atoms with Gasteiger partial charge in [0.15, 0.2) is 0 Å². The first kappa shape index (κ1) is 15.0. The maximum Gasteiger partial charge on any atom is 0.0281 e. The van der Waals surface area contributed by atoms with Crippen molar-refractivity contribution >= 4 is 0 Å². The van der Waals surface area contributed by atoms with Gasteiger partial charge in [-0.3, -0.25) is 4.90 Å². The van der Waals surface area contributed by atoms with Gasteiger partial charge in [-0.1, -0.05) is 24.3 Å². The molecule has 0 bridgehead atoms. The molecular weight excluding hydrogens is 258 g/mol. The van der Waals surface area contributed by atoms with Gasteiger partial charge in [0.25, 0.3) is 0 Å². The molecule has 3 rings (SSSR count). The Bertz CT molecular complexity index is 436. The van der Waals surface area contributed by atoms with Gasteiger partial charge in [-0.25, -0.2) is 0 Å². The summed E-state index contributed by atoms with van der Waals surface area (Å²) in [5.74, 6) is 0. The van der Waals surface area contributed by atoms with Gasteiger partial charge in [0, 0.05) is 51.4 Å². The fourth-order valence-corrected chi connectivity index (χ4v) is 3.79. The lowest BCUT2D eigenvalue weighted by atomic mass is 10.0. The van der Waals surface area contributed by atoms with Crippen molar-refractivity contribution in [1.82, 2.24) is 15.1 Å². The third-order valence-electron chi connectivity index (χ3n) is 5.10. The summed E-state index contributed by atoms with van der Waals surface area (Å²) in [5.41, 5.74) is 3.39. The first-order valence-corrected chi connectivity index (χ1v) is 8.40. The van der Waals surface area contributed by atoms with Crippen LogP contribution in [0, 0.1) is 0 Å². The average Bonchev–Trinajstić information content (AvgIpc) is 2.71. The summed E-state index contributed by atoms with van der Waals surface area (Å²) >= 11 is 0. The summed E-state index contributed by atoms with van der Waals surface area (Å²) < 4.78 is 0. The molecule has 0 unspecified atom stereocenters. The van der Waals surface area contributed by atoms with Crippen LogP contribution in [0.3, 0.4) is 0 Å². The Morgan fingerprint density at radius 1 is 0.952 bits per heavy atom. The minimum absolute atomic E-state index is 0.276. The number of benzene rings is 1. The molecule has 2 aliphatic rings. The predicted molar refractivity (Wildman–Crippen MR) is 88.8 cm³/mol. The van der Waals surface area contributed by atoms with E-state index in [-0.39, 0.29) is 5.54 Å². The van der Waals surface area contributed by atoms with E-state index in [1.54, 1.807) is 11.1 Å². The Balaban J connectivity index is 1.61. The summed E-state index contributed by atoms with van der Waals surface area (Å²) in [5, 5.41) is 3.46. The first-order valence-electron chi connectivity index (χ1n) is 8.40. The van der Waals surface area contributed by atoms with Gasteiger partial charge in [-0.2, -0.15) is 0 Å². The van der Waals surface area contributed by atoms with Crippen molar-refractivity contribution in [3.8, 4) is 0 Å². The van der Waals surface area contributed by atoms with E-state index in [1.807, 2.05) is 0 Å². The van der Waals surface area contributed by atoms with E-state index < -0.39 is 0 Å². The van der Waals surface area contributed by atoms with Crippen LogP contribution >= 0.6 is 0 Å². The minimum Gasteiger partial charge on any atom is -0.314 e. The van der Waals surface area contributed by atoms with E-state index in [0.717, 1.165) is 13.1 Å². The Morgan fingerprint density at radius 3 is 2.10 bits per heavy atom. The van der Waals surface area contributed by atoms with E-state index in [0.29, 0.717) is 0 Å². The first-order chi connectivity index (χ1) is 10.1. The normalized spacial score (nSPS) is 21.8. The van der Waals surface area contributed by atoms with Crippen LogP contribution in [0.1, 0.15) is 25.0 Å².